The van der Waals surface area contributed by atoms with Crippen molar-refractivity contribution in [1.82, 2.24) is 35.6 Å². The fourth-order valence-corrected chi connectivity index (χ4v) is 4.49. The number of amides is 3. The average Bonchev–Trinajstić information content (AvgIpc) is 3.35. The largest absolute Gasteiger partial charge is 0.482 e. The smallest absolute Gasteiger partial charge is 0.324 e. The average molecular weight is 469 g/mol. The van der Waals surface area contributed by atoms with Gasteiger partial charge in [0, 0.05) is 12.6 Å². The highest BCUT2D eigenvalue weighted by atomic mass is 32.2. The number of nitrogens with zero attached hydrogens (tertiary/aromatic N) is 4. The number of urea groups is 1. The molecule has 1 atom stereocenters. The standard InChI is InChI=1S/C18H24FN7O5S/c1-12(13-5-6-14(19)15(9-13)31-11-16-21-24-25-22-16)23-32(29,30)8-4-2-3-7-26-10-17(27)20-18(26)28/h5-6,9,12,23H,2-4,7-8,10-11H2,1H3,(H,20,27,28)(H,21,22,24,25). The van der Waals surface area contributed by atoms with Crippen LogP contribution in [0.15, 0.2) is 18.2 Å². The number of carbonyl (C=O) groups excluding carboxylic acids is 2. The highest BCUT2D eigenvalue weighted by molar-refractivity contribution is 7.89. The summed E-state index contributed by atoms with van der Waals surface area (Å²) in [6.45, 7) is 1.99. The number of nitrogens with one attached hydrogen (secondary N) is 3. The molecule has 1 unspecified atom stereocenters. The van der Waals surface area contributed by atoms with E-state index in [4.69, 9.17) is 4.74 Å². The van der Waals surface area contributed by atoms with Gasteiger partial charge in [-0.25, -0.2) is 22.3 Å². The zero-order valence-corrected chi connectivity index (χ0v) is 18.2. The second-order valence-corrected chi connectivity index (χ2v) is 9.17. The molecule has 0 aliphatic carbocycles. The zero-order valence-electron chi connectivity index (χ0n) is 17.4. The van der Waals surface area contributed by atoms with Crippen molar-refractivity contribution in [2.75, 3.05) is 18.8 Å². The Labute approximate surface area is 183 Å². The number of carbonyl (C=O) groups is 2. The maximum atomic E-state index is 14.0. The lowest BCUT2D eigenvalue weighted by atomic mass is 10.1. The number of imide groups is 1. The molecule has 0 saturated carbocycles. The zero-order chi connectivity index (χ0) is 23.1. The van der Waals surface area contributed by atoms with Crippen molar-refractivity contribution < 1.29 is 27.1 Å². The van der Waals surface area contributed by atoms with Gasteiger partial charge < -0.3 is 9.64 Å². The molecule has 3 rings (SSSR count). The van der Waals surface area contributed by atoms with Gasteiger partial charge in [0.05, 0.1) is 5.75 Å². The molecule has 12 nitrogen and oxygen atoms in total. The van der Waals surface area contributed by atoms with Gasteiger partial charge in [0.1, 0.15) is 6.54 Å². The van der Waals surface area contributed by atoms with Crippen molar-refractivity contribution in [3.05, 3.63) is 35.4 Å². The molecule has 0 radical (unpaired) electrons. The van der Waals surface area contributed by atoms with Crippen LogP contribution in [0.5, 0.6) is 5.75 Å². The van der Waals surface area contributed by atoms with Crippen molar-refractivity contribution in [3.8, 4) is 5.75 Å². The number of hydrogen-bond acceptors (Lipinski definition) is 8. The first kappa shape index (κ1) is 23.5. The Morgan fingerprint density at radius 2 is 2.09 bits per heavy atom. The maximum Gasteiger partial charge on any atom is 0.324 e. The molecule has 2 heterocycles. The minimum atomic E-state index is -3.58. The van der Waals surface area contributed by atoms with Crippen LogP contribution >= 0.6 is 0 Å². The number of unbranched alkanes of at least 4 members (excludes halogenated alkanes) is 2. The van der Waals surface area contributed by atoms with Crippen LogP contribution in [0.1, 0.15) is 43.6 Å². The van der Waals surface area contributed by atoms with E-state index in [2.05, 4.69) is 30.7 Å². The summed E-state index contributed by atoms with van der Waals surface area (Å²) in [7, 11) is -3.58. The maximum absolute atomic E-state index is 14.0. The van der Waals surface area contributed by atoms with E-state index in [9.17, 15) is 22.4 Å². The Kier molecular flexibility index (Phi) is 7.69. The van der Waals surface area contributed by atoms with E-state index in [1.165, 1.54) is 23.1 Å². The summed E-state index contributed by atoms with van der Waals surface area (Å²) in [5, 5.41) is 15.3. The quantitative estimate of drug-likeness (QED) is 0.301. The third-order valence-corrected chi connectivity index (χ3v) is 6.31. The summed E-state index contributed by atoms with van der Waals surface area (Å²) in [4.78, 5) is 24.0. The lowest BCUT2D eigenvalue weighted by Gasteiger charge is -2.16. The molecule has 14 heteroatoms. The predicted molar refractivity (Wildman–Crippen MR) is 109 cm³/mol. The molecular formula is C18H24FN7O5S. The number of halogens is 1. The van der Waals surface area contributed by atoms with Crippen LogP contribution in [0, 0.1) is 5.82 Å². The number of aromatic nitrogens is 4. The van der Waals surface area contributed by atoms with Crippen LogP contribution in [-0.4, -0.2) is 64.7 Å². The van der Waals surface area contributed by atoms with E-state index in [0.29, 0.717) is 31.4 Å². The molecule has 1 saturated heterocycles. The van der Waals surface area contributed by atoms with E-state index in [-0.39, 0.29) is 36.4 Å². The number of benzene rings is 1. The van der Waals surface area contributed by atoms with Gasteiger partial charge in [0.15, 0.2) is 18.2 Å². The molecule has 2 aromatic rings. The third-order valence-electron chi connectivity index (χ3n) is 4.77. The van der Waals surface area contributed by atoms with Crippen LogP contribution in [-0.2, 0) is 21.4 Å². The number of hydrogen-bond donors (Lipinski definition) is 3. The first-order valence-corrected chi connectivity index (χ1v) is 11.6. The van der Waals surface area contributed by atoms with Crippen LogP contribution in [0.4, 0.5) is 9.18 Å². The molecule has 1 aromatic carbocycles. The Bertz CT molecular complexity index is 1050. The second-order valence-electron chi connectivity index (χ2n) is 7.30. The molecular weight excluding hydrogens is 445 g/mol. The molecule has 3 amide bonds. The highest BCUT2D eigenvalue weighted by Gasteiger charge is 2.25. The Hall–Kier alpha value is -3.13. The van der Waals surface area contributed by atoms with Crippen molar-refractivity contribution in [1.29, 1.82) is 0 Å². The third kappa shape index (κ3) is 6.68. The summed E-state index contributed by atoms with van der Waals surface area (Å²) >= 11 is 0. The number of aromatic amines is 1. The van der Waals surface area contributed by atoms with Crippen LogP contribution in [0.3, 0.4) is 0 Å². The van der Waals surface area contributed by atoms with E-state index >= 15 is 0 Å². The fourth-order valence-electron chi connectivity index (χ4n) is 3.12. The van der Waals surface area contributed by atoms with Crippen molar-refractivity contribution in [2.45, 2.75) is 38.8 Å². The van der Waals surface area contributed by atoms with Gasteiger partial charge in [-0.05, 0) is 37.5 Å². The van der Waals surface area contributed by atoms with Gasteiger partial charge >= 0.3 is 6.03 Å². The lowest BCUT2D eigenvalue weighted by Crippen LogP contribution is -2.30. The number of sulfonamides is 1. The molecule has 1 aliphatic heterocycles. The van der Waals surface area contributed by atoms with Crippen LogP contribution in [0.25, 0.3) is 0 Å². The van der Waals surface area contributed by atoms with Gasteiger partial charge in [0.2, 0.25) is 21.8 Å². The van der Waals surface area contributed by atoms with E-state index in [1.54, 1.807) is 6.92 Å². The number of tetrazole rings is 1. The lowest BCUT2D eigenvalue weighted by molar-refractivity contribution is -0.118. The normalized spacial score (nSPS) is 15.1. The van der Waals surface area contributed by atoms with E-state index in [0.717, 1.165) is 0 Å². The summed E-state index contributed by atoms with van der Waals surface area (Å²) < 4.78 is 46.7. The second kappa shape index (κ2) is 10.5. The molecule has 32 heavy (non-hydrogen) atoms. The molecule has 0 spiro atoms. The Morgan fingerprint density at radius 3 is 2.78 bits per heavy atom. The van der Waals surface area contributed by atoms with Crippen LogP contribution < -0.4 is 14.8 Å². The minimum absolute atomic E-state index is 0.0364. The SMILES string of the molecule is CC(NS(=O)(=O)CCCCCN1CC(=O)NC1=O)c1ccc(F)c(OCc2nn[nH]n2)c1. The molecule has 1 aromatic heterocycles. The van der Waals surface area contributed by atoms with E-state index < -0.39 is 27.9 Å². The predicted octanol–water partition coefficient (Wildman–Crippen LogP) is 0.620. The van der Waals surface area contributed by atoms with Crippen LogP contribution in [0.2, 0.25) is 0 Å². The molecule has 3 N–H and O–H groups in total. The fraction of sp³-hybridized carbons (Fsp3) is 0.500. The van der Waals surface area contributed by atoms with E-state index in [1.807, 2.05) is 0 Å². The molecule has 1 aliphatic rings. The molecule has 0 bridgehead atoms. The van der Waals surface area contributed by atoms with Gasteiger partial charge in [0.25, 0.3) is 0 Å². The summed E-state index contributed by atoms with van der Waals surface area (Å²) in [5.41, 5.74) is 0.530. The number of ether oxygens (including phenoxy) is 1. The van der Waals surface area contributed by atoms with Crippen molar-refractivity contribution in [3.63, 3.8) is 0 Å². The number of rotatable bonds is 12. The molecule has 174 valence electrons. The van der Waals surface area contributed by atoms with Gasteiger partial charge in [-0.1, -0.05) is 17.7 Å². The van der Waals surface area contributed by atoms with Gasteiger partial charge in [-0.15, -0.1) is 10.2 Å². The minimum Gasteiger partial charge on any atom is -0.482 e. The first-order valence-electron chi connectivity index (χ1n) is 9.97. The topological polar surface area (TPSA) is 159 Å². The summed E-state index contributed by atoms with van der Waals surface area (Å²) in [5.74, 6) is -0.825. The Balaban J connectivity index is 1.45. The van der Waals surface area contributed by atoms with Crippen molar-refractivity contribution >= 4 is 22.0 Å². The Morgan fingerprint density at radius 1 is 1.28 bits per heavy atom. The van der Waals surface area contributed by atoms with Gasteiger partial charge in [-0.2, -0.15) is 5.21 Å². The molecule has 1 fully saturated rings. The highest BCUT2D eigenvalue weighted by Crippen LogP contribution is 2.24. The monoisotopic (exact) mass is 469 g/mol. The summed E-state index contributed by atoms with van der Waals surface area (Å²) in [6, 6.07) is 3.08. The number of H-pyrrole nitrogens is 1. The van der Waals surface area contributed by atoms with Crippen molar-refractivity contribution in [2.24, 2.45) is 0 Å². The first-order chi connectivity index (χ1) is 15.2. The van der Waals surface area contributed by atoms with Gasteiger partial charge in [-0.3, -0.25) is 10.1 Å². The summed E-state index contributed by atoms with van der Waals surface area (Å²) in [6.07, 6.45) is 1.57.